The van der Waals surface area contributed by atoms with E-state index in [0.29, 0.717) is 16.6 Å². The predicted octanol–water partition coefficient (Wildman–Crippen LogP) is 2.41. The maximum Gasteiger partial charge on any atom is 0.137 e. The van der Waals surface area contributed by atoms with Gasteiger partial charge in [-0.15, -0.1) is 0 Å². The number of nitrogens with one attached hydrogen (secondary N) is 1. The number of fused-ring (bicyclic) bond motifs is 1. The summed E-state index contributed by atoms with van der Waals surface area (Å²) < 4.78 is 25.9. The number of hydrogen-bond acceptors (Lipinski definition) is 1. The quantitative estimate of drug-likeness (QED) is 0.719. The molecular weight excluding hydrogens is 174 g/mol. The topological polar surface area (TPSA) is 28.7 Å². The van der Waals surface area contributed by atoms with E-state index in [1.165, 1.54) is 6.07 Å². The lowest BCUT2D eigenvalue weighted by atomic mass is 10.1. The molecule has 0 unspecified atom stereocenters. The van der Waals surface area contributed by atoms with Crippen LogP contribution in [-0.4, -0.2) is 10.2 Å². The van der Waals surface area contributed by atoms with Gasteiger partial charge in [0.1, 0.15) is 11.6 Å². The molecule has 2 nitrogen and oxygen atoms in total. The SMILES string of the molecule is C[CH]c1n[nH]c2cc(F)cc(F)c12. The maximum absolute atomic E-state index is 13.2. The van der Waals surface area contributed by atoms with Gasteiger partial charge in [-0.25, -0.2) is 8.78 Å². The van der Waals surface area contributed by atoms with Gasteiger partial charge in [-0.05, 0) is 6.07 Å². The first-order valence-electron chi connectivity index (χ1n) is 3.85. The molecule has 1 aromatic heterocycles. The van der Waals surface area contributed by atoms with Gasteiger partial charge in [0.15, 0.2) is 0 Å². The van der Waals surface area contributed by atoms with E-state index in [-0.39, 0.29) is 0 Å². The second-order valence-electron chi connectivity index (χ2n) is 2.71. The summed E-state index contributed by atoms with van der Waals surface area (Å²) in [5.74, 6) is -1.19. The van der Waals surface area contributed by atoms with Crippen molar-refractivity contribution in [2.24, 2.45) is 0 Å². The summed E-state index contributed by atoms with van der Waals surface area (Å²) in [5, 5.41) is 6.72. The summed E-state index contributed by atoms with van der Waals surface area (Å²) in [7, 11) is 0. The Balaban J connectivity index is 2.82. The second-order valence-corrected chi connectivity index (χ2v) is 2.71. The Kier molecular flexibility index (Phi) is 1.76. The third-order valence-electron chi connectivity index (χ3n) is 1.88. The zero-order valence-corrected chi connectivity index (χ0v) is 6.94. The third kappa shape index (κ3) is 1.18. The van der Waals surface area contributed by atoms with Crippen LogP contribution in [0.5, 0.6) is 0 Å². The Morgan fingerprint density at radius 2 is 2.15 bits per heavy atom. The number of aromatic amines is 1. The smallest absolute Gasteiger partial charge is 0.137 e. The minimum absolute atomic E-state index is 0.337. The zero-order chi connectivity index (χ0) is 9.42. The molecule has 0 atom stereocenters. The van der Waals surface area contributed by atoms with Crippen molar-refractivity contribution in [2.45, 2.75) is 6.92 Å². The van der Waals surface area contributed by atoms with Crippen molar-refractivity contribution < 1.29 is 8.78 Å². The van der Waals surface area contributed by atoms with Gasteiger partial charge in [0, 0.05) is 12.5 Å². The van der Waals surface area contributed by atoms with Crippen LogP contribution >= 0.6 is 0 Å². The van der Waals surface area contributed by atoms with E-state index in [9.17, 15) is 8.78 Å². The van der Waals surface area contributed by atoms with Crippen LogP contribution in [0, 0.1) is 18.1 Å². The maximum atomic E-state index is 13.2. The summed E-state index contributed by atoms with van der Waals surface area (Å²) >= 11 is 0. The van der Waals surface area contributed by atoms with Crippen molar-refractivity contribution in [3.8, 4) is 0 Å². The summed E-state index contributed by atoms with van der Waals surface area (Å²) in [4.78, 5) is 0. The molecule has 0 aliphatic carbocycles. The van der Waals surface area contributed by atoms with E-state index < -0.39 is 11.6 Å². The standard InChI is InChI=1S/C9H7F2N2/c1-2-7-9-6(11)3-5(10)4-8(9)13-12-7/h2-4H,1H3,(H,12,13). The number of H-pyrrole nitrogens is 1. The molecule has 1 aromatic carbocycles. The van der Waals surface area contributed by atoms with Crippen LogP contribution in [0.25, 0.3) is 10.9 Å². The van der Waals surface area contributed by atoms with Gasteiger partial charge in [0.2, 0.25) is 0 Å². The molecule has 0 saturated carbocycles. The lowest BCUT2D eigenvalue weighted by Gasteiger charge is -1.94. The van der Waals surface area contributed by atoms with Crippen LogP contribution in [0.3, 0.4) is 0 Å². The number of aromatic nitrogens is 2. The normalized spacial score (nSPS) is 11.0. The summed E-state index contributed by atoms with van der Waals surface area (Å²) in [6.07, 6.45) is 1.67. The molecule has 2 rings (SSSR count). The monoisotopic (exact) mass is 181 g/mol. The fourth-order valence-electron chi connectivity index (χ4n) is 1.31. The van der Waals surface area contributed by atoms with Gasteiger partial charge < -0.3 is 0 Å². The first kappa shape index (κ1) is 8.16. The number of benzene rings is 1. The molecule has 0 spiro atoms. The predicted molar refractivity (Wildman–Crippen MR) is 45.1 cm³/mol. The largest absolute Gasteiger partial charge is 0.277 e. The van der Waals surface area contributed by atoms with Gasteiger partial charge in [-0.3, -0.25) is 5.10 Å². The fraction of sp³-hybridized carbons (Fsp3) is 0.111. The number of nitrogens with zero attached hydrogens (tertiary/aromatic N) is 1. The highest BCUT2D eigenvalue weighted by atomic mass is 19.1. The molecule has 2 aromatic rings. The molecular formula is C9H7F2N2. The molecule has 67 valence electrons. The highest BCUT2D eigenvalue weighted by Crippen LogP contribution is 2.21. The van der Waals surface area contributed by atoms with Gasteiger partial charge in [0.25, 0.3) is 0 Å². The molecule has 0 bridgehead atoms. The summed E-state index contributed by atoms with van der Waals surface area (Å²) in [6, 6.07) is 2.07. The van der Waals surface area contributed by atoms with Gasteiger partial charge in [0.05, 0.1) is 16.6 Å². The van der Waals surface area contributed by atoms with Crippen molar-refractivity contribution in [3.63, 3.8) is 0 Å². The molecule has 4 heteroatoms. The van der Waals surface area contributed by atoms with E-state index in [1.807, 2.05) is 0 Å². The summed E-state index contributed by atoms with van der Waals surface area (Å²) in [5.41, 5.74) is 0.887. The lowest BCUT2D eigenvalue weighted by molar-refractivity contribution is 0.592. The number of rotatable bonds is 1. The Morgan fingerprint density at radius 3 is 2.85 bits per heavy atom. The van der Waals surface area contributed by atoms with Gasteiger partial charge in [-0.2, -0.15) is 5.10 Å². The average molecular weight is 181 g/mol. The van der Waals surface area contributed by atoms with E-state index >= 15 is 0 Å². The molecule has 0 fully saturated rings. The first-order valence-corrected chi connectivity index (χ1v) is 3.85. The van der Waals surface area contributed by atoms with E-state index in [4.69, 9.17) is 0 Å². The molecule has 0 saturated heterocycles. The van der Waals surface area contributed by atoms with Crippen LogP contribution in [0.1, 0.15) is 12.6 Å². The van der Waals surface area contributed by atoms with E-state index in [0.717, 1.165) is 6.07 Å². The third-order valence-corrected chi connectivity index (χ3v) is 1.88. The Morgan fingerprint density at radius 1 is 1.38 bits per heavy atom. The van der Waals surface area contributed by atoms with Crippen LogP contribution in [-0.2, 0) is 0 Å². The number of halogens is 2. The van der Waals surface area contributed by atoms with Crippen LogP contribution in [0.2, 0.25) is 0 Å². The van der Waals surface area contributed by atoms with E-state index in [2.05, 4.69) is 10.2 Å². The average Bonchev–Trinajstić information content (AvgIpc) is 2.47. The van der Waals surface area contributed by atoms with E-state index in [1.54, 1.807) is 13.3 Å². The molecule has 1 heterocycles. The lowest BCUT2D eigenvalue weighted by Crippen LogP contribution is -1.83. The first-order chi connectivity index (χ1) is 6.22. The Labute approximate surface area is 73.6 Å². The van der Waals surface area contributed by atoms with Crippen LogP contribution in [0.4, 0.5) is 8.78 Å². The minimum atomic E-state index is -0.601. The fourth-order valence-corrected chi connectivity index (χ4v) is 1.31. The highest BCUT2D eigenvalue weighted by Gasteiger charge is 2.10. The van der Waals surface area contributed by atoms with Crippen molar-refractivity contribution in [2.75, 3.05) is 0 Å². The Hall–Kier alpha value is -1.45. The molecule has 13 heavy (non-hydrogen) atoms. The van der Waals surface area contributed by atoms with Crippen LogP contribution < -0.4 is 0 Å². The van der Waals surface area contributed by atoms with Crippen molar-refractivity contribution in [3.05, 3.63) is 35.9 Å². The van der Waals surface area contributed by atoms with Gasteiger partial charge in [-0.1, -0.05) is 6.92 Å². The Bertz CT molecular complexity index is 448. The van der Waals surface area contributed by atoms with Gasteiger partial charge >= 0.3 is 0 Å². The minimum Gasteiger partial charge on any atom is -0.277 e. The highest BCUT2D eigenvalue weighted by molar-refractivity contribution is 5.83. The molecule has 0 amide bonds. The summed E-state index contributed by atoms with van der Waals surface area (Å²) in [6.45, 7) is 1.75. The molecule has 0 aliphatic heterocycles. The number of hydrogen-bond donors (Lipinski definition) is 1. The van der Waals surface area contributed by atoms with Crippen LogP contribution in [0.15, 0.2) is 12.1 Å². The molecule has 1 N–H and O–H groups in total. The van der Waals surface area contributed by atoms with Crippen molar-refractivity contribution in [1.29, 1.82) is 0 Å². The molecule has 0 aliphatic rings. The molecule has 1 radical (unpaired) electrons. The van der Waals surface area contributed by atoms with Crippen molar-refractivity contribution >= 4 is 10.9 Å². The zero-order valence-electron chi connectivity index (χ0n) is 6.94. The van der Waals surface area contributed by atoms with Crippen molar-refractivity contribution in [1.82, 2.24) is 10.2 Å². The second kappa shape index (κ2) is 2.80.